The second kappa shape index (κ2) is 28.4. The molecule has 0 bridgehead atoms. The number of benzene rings is 4. The monoisotopic (exact) mass is 1280 g/mol. The molecule has 2 aliphatic carbocycles. The van der Waals surface area contributed by atoms with E-state index in [1.54, 1.807) is 56.9 Å². The molecular formula is C64H75BrF2N10O4Sn. The molecule has 2 saturated carbocycles. The van der Waals surface area contributed by atoms with Crippen molar-refractivity contribution < 1.29 is 27.8 Å². The number of aromatic nitrogens is 6. The van der Waals surface area contributed by atoms with Crippen molar-refractivity contribution in [1.82, 2.24) is 30.4 Å². The summed E-state index contributed by atoms with van der Waals surface area (Å²) >= 11 is 0.821. The van der Waals surface area contributed by atoms with Crippen LogP contribution in [0.4, 0.5) is 20.2 Å². The van der Waals surface area contributed by atoms with Crippen molar-refractivity contribution in [3.8, 4) is 45.0 Å². The second-order valence-electron chi connectivity index (χ2n) is 21.6. The van der Waals surface area contributed by atoms with Gasteiger partial charge in [-0.25, -0.2) is 4.39 Å². The summed E-state index contributed by atoms with van der Waals surface area (Å²) in [6.07, 6.45) is 15.5. The number of primary amides is 2. The summed E-state index contributed by atoms with van der Waals surface area (Å²) in [4.78, 5) is 32.6. The van der Waals surface area contributed by atoms with Gasteiger partial charge in [0.05, 0.1) is 36.6 Å². The Morgan fingerprint density at radius 1 is 0.610 bits per heavy atom. The molecule has 4 heterocycles. The number of hydrogen-bond acceptors (Lipinski definition) is 12. The Bertz CT molecular complexity index is 3510. The number of anilines is 2. The molecule has 2 fully saturated rings. The molecular weight excluding hydrogens is 1210 g/mol. The van der Waals surface area contributed by atoms with E-state index in [9.17, 15) is 18.4 Å². The van der Waals surface area contributed by atoms with E-state index in [0.717, 1.165) is 47.0 Å². The fourth-order valence-corrected chi connectivity index (χ4v) is 26.7. The largest absolute Gasteiger partial charge is 0.496 e. The number of ether oxygens (including phenoxy) is 2. The number of pyridine rings is 2. The third kappa shape index (κ3) is 14.8. The van der Waals surface area contributed by atoms with E-state index in [-0.39, 0.29) is 35.0 Å². The van der Waals surface area contributed by atoms with E-state index in [1.165, 1.54) is 83.6 Å². The van der Waals surface area contributed by atoms with Gasteiger partial charge in [0.25, 0.3) is 11.8 Å². The van der Waals surface area contributed by atoms with E-state index in [1.807, 2.05) is 60.7 Å². The molecule has 430 valence electrons. The molecule has 0 radical (unpaired) electrons. The number of carbonyl (C=O) groups is 2. The summed E-state index contributed by atoms with van der Waals surface area (Å²) in [6.45, 7) is 10.9. The minimum atomic E-state index is -2.64. The molecule has 4 aromatic heterocycles. The minimum absolute atomic E-state index is 0.0217. The van der Waals surface area contributed by atoms with Gasteiger partial charge in [-0.05, 0) is 129 Å². The second-order valence-corrected chi connectivity index (χ2v) is 35.5. The van der Waals surface area contributed by atoms with Crippen LogP contribution < -0.4 is 35.3 Å². The summed E-state index contributed by atoms with van der Waals surface area (Å²) in [5.41, 5.74) is 18.4. The van der Waals surface area contributed by atoms with E-state index in [0.29, 0.717) is 45.6 Å². The maximum Gasteiger partial charge on any atom is 0.271 e. The van der Waals surface area contributed by atoms with Gasteiger partial charge in [-0.15, -0.1) is 20.4 Å². The maximum absolute atomic E-state index is 14.4. The van der Waals surface area contributed by atoms with Gasteiger partial charge < -0.3 is 31.6 Å². The van der Waals surface area contributed by atoms with Crippen LogP contribution in [0.15, 0.2) is 114 Å². The third-order valence-electron chi connectivity index (χ3n) is 15.7. The van der Waals surface area contributed by atoms with Gasteiger partial charge in [0.2, 0.25) is 0 Å². The van der Waals surface area contributed by atoms with Crippen molar-refractivity contribution in [3.05, 3.63) is 137 Å². The van der Waals surface area contributed by atoms with Crippen LogP contribution in [0, 0.1) is 23.5 Å². The van der Waals surface area contributed by atoms with E-state index in [4.69, 9.17) is 20.9 Å². The molecule has 2 aliphatic rings. The average molecular weight is 1280 g/mol. The first-order chi connectivity index (χ1) is 39.6. The quantitative estimate of drug-likeness (QED) is 0.0442. The van der Waals surface area contributed by atoms with E-state index in [2.05, 4.69) is 91.5 Å². The molecule has 18 heteroatoms. The first-order valence-electron chi connectivity index (χ1n) is 28.6. The number of nitrogens with two attached hydrogens (primary N) is 2. The molecule has 0 unspecified atom stereocenters. The van der Waals surface area contributed by atoms with Crippen molar-refractivity contribution in [1.29, 1.82) is 0 Å². The molecule has 2 atom stereocenters. The van der Waals surface area contributed by atoms with Gasteiger partial charge in [-0.3, -0.25) is 14.6 Å². The molecule has 6 N–H and O–H groups in total. The Morgan fingerprint density at radius 2 is 1.06 bits per heavy atom. The number of methoxy groups -OCH3 is 2. The molecule has 0 aliphatic heterocycles. The number of fused-ring (bicyclic) bond motifs is 2. The molecule has 0 spiro atoms. The normalized spacial score (nSPS) is 13.7. The van der Waals surface area contributed by atoms with Crippen LogP contribution in [-0.4, -0.2) is 86.9 Å². The van der Waals surface area contributed by atoms with Crippen LogP contribution >= 0.6 is 15.9 Å². The van der Waals surface area contributed by atoms with Gasteiger partial charge >= 0.3 is 128 Å². The van der Waals surface area contributed by atoms with Crippen molar-refractivity contribution >= 4 is 83.0 Å². The Balaban J connectivity index is 0.000000167. The van der Waals surface area contributed by atoms with Gasteiger partial charge in [-0.2, -0.15) is 0 Å². The van der Waals surface area contributed by atoms with Crippen molar-refractivity contribution in [2.45, 2.75) is 124 Å². The number of nitrogens with one attached hydrogen (secondary N) is 2. The van der Waals surface area contributed by atoms with Gasteiger partial charge in [0.15, 0.2) is 11.4 Å². The number of nitrogens with zero attached hydrogens (tertiary/aromatic N) is 6. The predicted molar refractivity (Wildman–Crippen MR) is 331 cm³/mol. The standard InChI is InChI=1S/C26H24FN5O2.C21H21BrN4O2.C5H3FN.3C4H9.Sn/c1-14(15-5-6-15)30-24-19-10-7-16(12-21(19)31-32-25(24)26(28)33)18-9-8-17(13-22(18)34-2)23-20(27)4-3-11-29-23;1-11(12-3-4-12)24-19-16-7-5-13(9-17(16)25-26-20(19)21(23)27)15-8-6-14(22)10-18(15)28-2;6-5-2-1-3-7-4-5;3*1-3-4-2;/h3-4,7-15H,5-6H2,1-2H3,(H2,28,33)(H,30,31);5-12H,3-4H2,1-2H3,(H2,23,27)(H,24,25);1-3H;3*1,3-4H2,2H3;/t14-;11-;;;;;/m11...../s1. The number of unbranched alkanes of at least 4 members (excludes halogenated alkanes) is 3. The summed E-state index contributed by atoms with van der Waals surface area (Å²) in [5, 5.41) is 25.2. The predicted octanol–water partition coefficient (Wildman–Crippen LogP) is 14.5. The van der Waals surface area contributed by atoms with Crippen LogP contribution in [0.5, 0.6) is 11.5 Å². The Labute approximate surface area is 492 Å². The zero-order chi connectivity index (χ0) is 58.5. The number of halogens is 3. The topological polar surface area (TPSA) is 206 Å². The zero-order valence-corrected chi connectivity index (χ0v) is 52.4. The molecule has 0 saturated heterocycles. The van der Waals surface area contributed by atoms with Crippen molar-refractivity contribution in [2.75, 3.05) is 24.9 Å². The number of rotatable bonds is 23. The zero-order valence-electron chi connectivity index (χ0n) is 48.0. The van der Waals surface area contributed by atoms with E-state index >= 15 is 0 Å². The molecule has 4 aromatic carbocycles. The van der Waals surface area contributed by atoms with Crippen LogP contribution in [0.3, 0.4) is 0 Å². The van der Waals surface area contributed by atoms with E-state index < -0.39 is 36.0 Å². The van der Waals surface area contributed by atoms with Crippen LogP contribution in [0.1, 0.15) is 120 Å². The molecule has 10 rings (SSSR count). The van der Waals surface area contributed by atoms with Crippen LogP contribution in [-0.2, 0) is 0 Å². The summed E-state index contributed by atoms with van der Waals surface area (Å²) in [6, 6.07) is 29.7. The van der Waals surface area contributed by atoms with Gasteiger partial charge in [0.1, 0.15) is 23.0 Å². The first kappa shape index (κ1) is 61.2. The number of carbonyl (C=O) groups excluding carboxylic acids is 2. The minimum Gasteiger partial charge on any atom is -0.496 e. The molecule has 2 amide bonds. The number of amides is 2. The summed E-state index contributed by atoms with van der Waals surface area (Å²) in [5.74, 6) is 0.905. The van der Waals surface area contributed by atoms with Gasteiger partial charge in [0, 0.05) is 50.2 Å². The smallest absolute Gasteiger partial charge is 0.271 e. The summed E-state index contributed by atoms with van der Waals surface area (Å²) in [7, 11) is 3.21. The molecule has 82 heavy (non-hydrogen) atoms. The van der Waals surface area contributed by atoms with Crippen LogP contribution in [0.25, 0.3) is 55.3 Å². The fourth-order valence-electron chi connectivity index (χ4n) is 10.7. The van der Waals surface area contributed by atoms with Crippen molar-refractivity contribution in [3.63, 3.8) is 0 Å². The van der Waals surface area contributed by atoms with Crippen LogP contribution in [0.2, 0.25) is 13.3 Å². The first-order valence-corrected chi connectivity index (χ1v) is 36.9. The third-order valence-corrected chi connectivity index (χ3v) is 31.3. The molecule has 8 aromatic rings. The Kier molecular flexibility index (Phi) is 21.2. The Morgan fingerprint density at radius 3 is 1.50 bits per heavy atom. The van der Waals surface area contributed by atoms with Gasteiger partial charge in [-0.1, -0.05) is 34.1 Å². The number of hydrogen-bond donors (Lipinski definition) is 4. The fraction of sp³-hybridized carbons (Fsp3) is 0.375. The summed E-state index contributed by atoms with van der Waals surface area (Å²) < 4.78 is 45.4. The SMILES string of the molecule is CCC[CH2][Sn]([CH2]CCC)([CH2]CCC)[c]1ncccc1F.COc1cc(-c2ncccc2F)ccc1-c1ccc2c(N[C@H](C)C3CC3)c(C(N)=O)nnc2c1.COc1cc(Br)ccc1-c1ccc2c(N[C@H](C)C3CC3)c(C(N)=O)nnc2c1. The maximum atomic E-state index is 14.4. The molecule has 14 nitrogen and oxygen atoms in total. The average Bonchev–Trinajstić information content (AvgIpc) is 4.51. The Hall–Kier alpha value is -6.86. The van der Waals surface area contributed by atoms with Crippen molar-refractivity contribution in [2.24, 2.45) is 23.3 Å².